The minimum atomic E-state index is -0.283. The predicted octanol–water partition coefficient (Wildman–Crippen LogP) is 1.49. The summed E-state index contributed by atoms with van der Waals surface area (Å²) in [5, 5.41) is 7.57. The molecular weight excluding hydrogens is 358 g/mol. The van der Waals surface area contributed by atoms with Crippen molar-refractivity contribution >= 4 is 16.9 Å². The molecule has 0 saturated carbocycles. The van der Waals surface area contributed by atoms with E-state index in [-0.39, 0.29) is 24.1 Å². The number of rotatable bonds is 5. The third-order valence-electron chi connectivity index (χ3n) is 5.22. The van der Waals surface area contributed by atoms with Gasteiger partial charge in [0.2, 0.25) is 5.91 Å². The Kier molecular flexibility index (Phi) is 4.95. The van der Waals surface area contributed by atoms with Crippen molar-refractivity contribution in [3.8, 4) is 5.69 Å². The van der Waals surface area contributed by atoms with Gasteiger partial charge in [-0.1, -0.05) is 12.1 Å². The molecule has 2 aromatic heterocycles. The fraction of sp³-hybridized carbons (Fsp3) is 0.400. The van der Waals surface area contributed by atoms with E-state index in [2.05, 4.69) is 15.4 Å². The molecule has 3 heterocycles. The van der Waals surface area contributed by atoms with E-state index in [1.165, 1.54) is 17.1 Å². The Bertz CT molecular complexity index is 1080. The van der Waals surface area contributed by atoms with Crippen molar-refractivity contribution in [1.29, 1.82) is 0 Å². The number of nitrogens with zero attached hydrogens (tertiary/aromatic N) is 4. The maximum absolute atomic E-state index is 12.8. The van der Waals surface area contributed by atoms with Crippen LogP contribution in [0.25, 0.3) is 16.7 Å². The highest BCUT2D eigenvalue weighted by atomic mass is 16.5. The molecule has 0 radical (unpaired) electrons. The van der Waals surface area contributed by atoms with Gasteiger partial charge in [-0.25, -0.2) is 9.67 Å². The molecule has 1 N–H and O–H groups in total. The molecule has 1 aliphatic rings. The summed E-state index contributed by atoms with van der Waals surface area (Å²) in [6.45, 7) is 5.17. The molecule has 0 spiro atoms. The van der Waals surface area contributed by atoms with Gasteiger partial charge in [-0.2, -0.15) is 5.10 Å². The molecule has 8 heteroatoms. The van der Waals surface area contributed by atoms with E-state index in [9.17, 15) is 9.59 Å². The van der Waals surface area contributed by atoms with Crippen LogP contribution in [-0.4, -0.2) is 44.5 Å². The average molecular weight is 381 g/mol. The Morgan fingerprint density at radius 3 is 3.00 bits per heavy atom. The molecule has 1 atom stereocenters. The lowest BCUT2D eigenvalue weighted by molar-refractivity contribution is -0.122. The maximum atomic E-state index is 12.8. The van der Waals surface area contributed by atoms with Crippen molar-refractivity contribution in [3.05, 3.63) is 52.2 Å². The van der Waals surface area contributed by atoms with Crippen LogP contribution < -0.4 is 10.9 Å². The molecule has 4 rings (SSSR count). The van der Waals surface area contributed by atoms with Gasteiger partial charge in [-0.15, -0.1) is 0 Å². The number of amides is 1. The summed E-state index contributed by atoms with van der Waals surface area (Å²) in [5.41, 5.74) is 3.29. The van der Waals surface area contributed by atoms with Gasteiger partial charge in [0, 0.05) is 13.2 Å². The van der Waals surface area contributed by atoms with Crippen LogP contribution in [0.1, 0.15) is 24.0 Å². The molecule has 1 saturated heterocycles. The van der Waals surface area contributed by atoms with Gasteiger partial charge in [-0.05, 0) is 43.9 Å². The summed E-state index contributed by atoms with van der Waals surface area (Å²) in [6, 6.07) is 5.92. The molecule has 1 aromatic carbocycles. The fourth-order valence-corrected chi connectivity index (χ4v) is 3.45. The van der Waals surface area contributed by atoms with Gasteiger partial charge in [-0.3, -0.25) is 14.2 Å². The summed E-state index contributed by atoms with van der Waals surface area (Å²) in [4.78, 5) is 29.4. The van der Waals surface area contributed by atoms with Crippen LogP contribution in [-0.2, 0) is 16.1 Å². The molecule has 3 aromatic rings. The molecule has 1 fully saturated rings. The van der Waals surface area contributed by atoms with Crippen LogP contribution in [0.15, 0.2) is 35.5 Å². The predicted molar refractivity (Wildman–Crippen MR) is 105 cm³/mol. The van der Waals surface area contributed by atoms with Crippen molar-refractivity contribution in [1.82, 2.24) is 24.6 Å². The zero-order valence-electron chi connectivity index (χ0n) is 16.0. The highest BCUT2D eigenvalue weighted by molar-refractivity contribution is 5.78. The Balaban J connectivity index is 1.57. The quantitative estimate of drug-likeness (QED) is 0.723. The monoisotopic (exact) mass is 381 g/mol. The average Bonchev–Trinajstić information content (AvgIpc) is 3.35. The standard InChI is InChI=1S/C20H23N5O3/c1-13-5-3-7-17(14(13)2)25-19-16(10-23-25)20(27)24(12-22-19)11-18(26)21-9-15-6-4-8-28-15/h3,5,7,10,12,15H,4,6,8-9,11H2,1-2H3,(H,21,26)/t15-/m1/s1. The second-order valence-corrected chi connectivity index (χ2v) is 7.13. The molecule has 28 heavy (non-hydrogen) atoms. The summed E-state index contributed by atoms with van der Waals surface area (Å²) in [5.74, 6) is -0.235. The summed E-state index contributed by atoms with van der Waals surface area (Å²) in [6.07, 6.45) is 4.94. The topological polar surface area (TPSA) is 91.0 Å². The van der Waals surface area contributed by atoms with E-state index < -0.39 is 0 Å². The van der Waals surface area contributed by atoms with Crippen molar-refractivity contribution in [2.45, 2.75) is 39.3 Å². The van der Waals surface area contributed by atoms with Crippen molar-refractivity contribution < 1.29 is 9.53 Å². The number of aromatic nitrogens is 4. The van der Waals surface area contributed by atoms with Crippen LogP contribution in [0.5, 0.6) is 0 Å². The van der Waals surface area contributed by atoms with Crippen molar-refractivity contribution in [2.75, 3.05) is 13.2 Å². The lowest BCUT2D eigenvalue weighted by atomic mass is 10.1. The van der Waals surface area contributed by atoms with Crippen LogP contribution >= 0.6 is 0 Å². The first-order valence-electron chi connectivity index (χ1n) is 9.42. The number of carbonyl (C=O) groups is 1. The number of fused-ring (bicyclic) bond motifs is 1. The molecular formula is C20H23N5O3. The fourth-order valence-electron chi connectivity index (χ4n) is 3.45. The first-order valence-corrected chi connectivity index (χ1v) is 9.42. The Hall–Kier alpha value is -3.00. The van der Waals surface area contributed by atoms with E-state index in [0.29, 0.717) is 17.6 Å². The first-order chi connectivity index (χ1) is 13.5. The third kappa shape index (κ3) is 3.43. The number of aryl methyl sites for hydroxylation is 1. The summed E-state index contributed by atoms with van der Waals surface area (Å²) in [7, 11) is 0. The Labute approximate surface area is 162 Å². The Morgan fingerprint density at radius 2 is 2.21 bits per heavy atom. The van der Waals surface area contributed by atoms with Gasteiger partial charge < -0.3 is 10.1 Å². The second-order valence-electron chi connectivity index (χ2n) is 7.13. The number of carbonyl (C=O) groups excluding carboxylic acids is 1. The lowest BCUT2D eigenvalue weighted by Gasteiger charge is -2.12. The zero-order valence-corrected chi connectivity index (χ0v) is 16.0. The lowest BCUT2D eigenvalue weighted by Crippen LogP contribution is -2.36. The van der Waals surface area contributed by atoms with Gasteiger partial charge in [0.05, 0.1) is 18.0 Å². The number of ether oxygens (including phenoxy) is 1. The molecule has 8 nitrogen and oxygen atoms in total. The normalized spacial score (nSPS) is 16.6. The van der Waals surface area contributed by atoms with Gasteiger partial charge in [0.25, 0.3) is 5.56 Å². The Morgan fingerprint density at radius 1 is 1.36 bits per heavy atom. The van der Waals surface area contributed by atoms with Gasteiger partial charge in [0.1, 0.15) is 18.3 Å². The first kappa shape index (κ1) is 18.4. The number of hydrogen-bond donors (Lipinski definition) is 1. The van der Waals surface area contributed by atoms with E-state index in [0.717, 1.165) is 36.3 Å². The summed E-state index contributed by atoms with van der Waals surface area (Å²) >= 11 is 0. The van der Waals surface area contributed by atoms with Crippen LogP contribution in [0.3, 0.4) is 0 Å². The molecule has 0 unspecified atom stereocenters. The van der Waals surface area contributed by atoms with Gasteiger partial charge >= 0.3 is 0 Å². The molecule has 146 valence electrons. The second kappa shape index (κ2) is 7.55. The van der Waals surface area contributed by atoms with Gasteiger partial charge in [0.15, 0.2) is 5.65 Å². The SMILES string of the molecule is Cc1cccc(-n2ncc3c(=O)n(CC(=O)NC[C@H]4CCCO4)cnc32)c1C. The summed E-state index contributed by atoms with van der Waals surface area (Å²) < 4.78 is 8.47. The van der Waals surface area contributed by atoms with Crippen LogP contribution in [0, 0.1) is 13.8 Å². The number of benzene rings is 1. The third-order valence-corrected chi connectivity index (χ3v) is 5.22. The maximum Gasteiger partial charge on any atom is 0.264 e. The van der Waals surface area contributed by atoms with E-state index in [4.69, 9.17) is 4.74 Å². The highest BCUT2D eigenvalue weighted by Crippen LogP contribution is 2.19. The number of nitrogens with one attached hydrogen (secondary N) is 1. The van der Waals surface area contributed by atoms with E-state index >= 15 is 0 Å². The van der Waals surface area contributed by atoms with Crippen molar-refractivity contribution in [2.24, 2.45) is 0 Å². The molecule has 0 bridgehead atoms. The minimum Gasteiger partial charge on any atom is -0.376 e. The highest BCUT2D eigenvalue weighted by Gasteiger charge is 2.17. The smallest absolute Gasteiger partial charge is 0.264 e. The number of hydrogen-bond acceptors (Lipinski definition) is 5. The van der Waals surface area contributed by atoms with Crippen LogP contribution in [0.4, 0.5) is 0 Å². The largest absolute Gasteiger partial charge is 0.376 e. The molecule has 0 aliphatic carbocycles. The molecule has 1 amide bonds. The zero-order chi connectivity index (χ0) is 19.7. The van der Waals surface area contributed by atoms with E-state index in [1.807, 2.05) is 32.0 Å². The molecule has 1 aliphatic heterocycles. The van der Waals surface area contributed by atoms with Crippen molar-refractivity contribution in [3.63, 3.8) is 0 Å². The van der Waals surface area contributed by atoms with E-state index in [1.54, 1.807) is 4.68 Å². The van der Waals surface area contributed by atoms with Crippen LogP contribution in [0.2, 0.25) is 0 Å². The minimum absolute atomic E-state index is 0.0667.